The van der Waals surface area contributed by atoms with E-state index in [2.05, 4.69) is 10.0 Å². The topological polar surface area (TPSA) is 76.7 Å². The van der Waals surface area contributed by atoms with Crippen molar-refractivity contribution in [1.29, 1.82) is 0 Å². The van der Waals surface area contributed by atoms with Crippen LogP contribution in [-0.4, -0.2) is 48.9 Å². The first kappa shape index (κ1) is 17.9. The summed E-state index contributed by atoms with van der Waals surface area (Å²) in [6, 6.07) is 3.63. The van der Waals surface area contributed by atoms with Crippen LogP contribution in [0.1, 0.15) is 11.1 Å². The summed E-state index contributed by atoms with van der Waals surface area (Å²) in [5.41, 5.74) is 2.33. The Morgan fingerprint density at radius 2 is 1.71 bits per heavy atom. The van der Waals surface area contributed by atoms with Gasteiger partial charge in [-0.3, -0.25) is 0 Å². The third kappa shape index (κ3) is 5.28. The first-order chi connectivity index (χ1) is 9.92. The fraction of sp³-hybridized carbons (Fsp3) is 0.571. The van der Waals surface area contributed by atoms with Gasteiger partial charge in [-0.1, -0.05) is 0 Å². The Morgan fingerprint density at radius 1 is 1.10 bits per heavy atom. The van der Waals surface area contributed by atoms with Crippen LogP contribution in [-0.2, 0) is 19.5 Å². The highest BCUT2D eigenvalue weighted by Gasteiger charge is 2.19. The van der Waals surface area contributed by atoms with Gasteiger partial charge in [-0.2, -0.15) is 0 Å². The maximum Gasteiger partial charge on any atom is 0.241 e. The van der Waals surface area contributed by atoms with Gasteiger partial charge in [0.05, 0.1) is 24.7 Å². The van der Waals surface area contributed by atoms with Gasteiger partial charge < -0.3 is 14.8 Å². The van der Waals surface area contributed by atoms with E-state index in [1.165, 1.54) is 0 Å². The first-order valence-corrected chi connectivity index (χ1v) is 8.26. The maximum atomic E-state index is 12.4. The molecule has 2 N–H and O–H groups in total. The van der Waals surface area contributed by atoms with Crippen molar-refractivity contribution in [3.63, 3.8) is 0 Å². The van der Waals surface area contributed by atoms with Gasteiger partial charge in [0.15, 0.2) is 0 Å². The van der Waals surface area contributed by atoms with E-state index in [1.54, 1.807) is 28.0 Å². The molecule has 0 bridgehead atoms. The lowest BCUT2D eigenvalue weighted by Crippen LogP contribution is -2.29. The van der Waals surface area contributed by atoms with Crippen LogP contribution in [0.3, 0.4) is 0 Å². The number of benzene rings is 1. The second kappa shape index (κ2) is 8.33. The van der Waals surface area contributed by atoms with Crippen molar-refractivity contribution < 1.29 is 17.9 Å². The Morgan fingerprint density at radius 3 is 2.24 bits per heavy atom. The van der Waals surface area contributed by atoms with Crippen molar-refractivity contribution in [3.05, 3.63) is 23.3 Å². The number of hydrogen-bond donors (Lipinski definition) is 2. The van der Waals surface area contributed by atoms with Gasteiger partial charge in [-0.15, -0.1) is 0 Å². The van der Waals surface area contributed by atoms with Gasteiger partial charge >= 0.3 is 0 Å². The van der Waals surface area contributed by atoms with E-state index in [0.29, 0.717) is 35.8 Å². The molecule has 1 aromatic rings. The first-order valence-electron chi connectivity index (χ1n) is 6.77. The molecule has 1 aromatic carbocycles. The highest BCUT2D eigenvalue weighted by atomic mass is 32.2. The second-order valence-corrected chi connectivity index (χ2v) is 6.40. The van der Waals surface area contributed by atoms with E-state index in [0.717, 1.165) is 5.69 Å². The van der Waals surface area contributed by atoms with Gasteiger partial charge in [-0.25, -0.2) is 13.1 Å². The third-order valence-electron chi connectivity index (χ3n) is 2.99. The Balaban J connectivity index is 2.70. The summed E-state index contributed by atoms with van der Waals surface area (Å²) < 4.78 is 37.3. The molecule has 0 aromatic heterocycles. The fourth-order valence-electron chi connectivity index (χ4n) is 2.08. The van der Waals surface area contributed by atoms with E-state index in [-0.39, 0.29) is 6.54 Å². The second-order valence-electron chi connectivity index (χ2n) is 4.69. The number of aryl methyl sites for hydroxylation is 2. The standard InChI is InChI=1S/C14H24N2O4S/c1-11-9-13(15-3)10-12(2)14(11)21(17,18)16-5-6-20-8-7-19-4/h9-10,15-16H,5-8H2,1-4H3. The average molecular weight is 316 g/mol. The summed E-state index contributed by atoms with van der Waals surface area (Å²) in [7, 11) is -0.135. The predicted molar refractivity (Wildman–Crippen MR) is 83.3 cm³/mol. The zero-order chi connectivity index (χ0) is 15.9. The molecule has 0 aliphatic rings. The molecule has 0 radical (unpaired) electrons. The van der Waals surface area contributed by atoms with E-state index in [4.69, 9.17) is 9.47 Å². The quantitative estimate of drug-likeness (QED) is 0.671. The number of methoxy groups -OCH3 is 1. The monoisotopic (exact) mass is 316 g/mol. The van der Waals surface area contributed by atoms with Gasteiger partial charge in [0.2, 0.25) is 10.0 Å². The molecule has 0 atom stereocenters. The van der Waals surface area contributed by atoms with Gasteiger partial charge in [-0.05, 0) is 37.1 Å². The van der Waals surface area contributed by atoms with Crippen LogP contribution in [0, 0.1) is 13.8 Å². The van der Waals surface area contributed by atoms with Crippen molar-refractivity contribution in [2.24, 2.45) is 0 Å². The van der Waals surface area contributed by atoms with Crippen LogP contribution in [0.25, 0.3) is 0 Å². The number of ether oxygens (including phenoxy) is 2. The molecule has 0 saturated heterocycles. The van der Waals surface area contributed by atoms with Crippen LogP contribution in [0.15, 0.2) is 17.0 Å². The van der Waals surface area contributed by atoms with Crippen molar-refractivity contribution in [1.82, 2.24) is 4.72 Å². The van der Waals surface area contributed by atoms with Crippen LogP contribution in [0.5, 0.6) is 0 Å². The molecule has 7 heteroatoms. The fourth-order valence-corrected chi connectivity index (χ4v) is 3.55. The molecule has 120 valence electrons. The molecule has 0 spiro atoms. The summed E-state index contributed by atoms with van der Waals surface area (Å²) >= 11 is 0. The summed E-state index contributed by atoms with van der Waals surface area (Å²) in [6.07, 6.45) is 0. The van der Waals surface area contributed by atoms with Gasteiger partial charge in [0.25, 0.3) is 0 Å². The summed E-state index contributed by atoms with van der Waals surface area (Å²) in [6.45, 7) is 5.08. The highest BCUT2D eigenvalue weighted by molar-refractivity contribution is 7.89. The van der Waals surface area contributed by atoms with Crippen molar-refractivity contribution in [2.45, 2.75) is 18.7 Å². The molecular formula is C14H24N2O4S. The Labute approximate surface area is 126 Å². The molecule has 1 rings (SSSR count). The molecule has 0 saturated carbocycles. The molecule has 0 fully saturated rings. The molecule has 0 aliphatic carbocycles. The van der Waals surface area contributed by atoms with E-state index >= 15 is 0 Å². The van der Waals surface area contributed by atoms with E-state index < -0.39 is 10.0 Å². The van der Waals surface area contributed by atoms with Crippen LogP contribution < -0.4 is 10.0 Å². The Kier molecular flexibility index (Phi) is 7.10. The number of anilines is 1. The summed E-state index contributed by atoms with van der Waals surface area (Å²) in [5.74, 6) is 0. The molecule has 6 nitrogen and oxygen atoms in total. The van der Waals surface area contributed by atoms with Crippen LogP contribution in [0.4, 0.5) is 5.69 Å². The SMILES string of the molecule is CNc1cc(C)c(S(=O)(=O)NCCOCCOC)c(C)c1. The average Bonchev–Trinajstić information content (AvgIpc) is 2.41. The summed E-state index contributed by atoms with van der Waals surface area (Å²) in [5, 5.41) is 3.01. The lowest BCUT2D eigenvalue weighted by atomic mass is 10.1. The lowest BCUT2D eigenvalue weighted by Gasteiger charge is -2.14. The maximum absolute atomic E-state index is 12.4. The minimum absolute atomic E-state index is 0.235. The molecule has 0 heterocycles. The number of rotatable bonds is 9. The van der Waals surface area contributed by atoms with Gasteiger partial charge in [0, 0.05) is 26.4 Å². The highest BCUT2D eigenvalue weighted by Crippen LogP contribution is 2.23. The number of sulfonamides is 1. The third-order valence-corrected chi connectivity index (χ3v) is 4.75. The zero-order valence-electron chi connectivity index (χ0n) is 13.0. The Hall–Kier alpha value is -1.15. The lowest BCUT2D eigenvalue weighted by molar-refractivity contribution is 0.0736. The molecule has 0 aliphatic heterocycles. The van der Waals surface area contributed by atoms with Crippen molar-refractivity contribution in [3.8, 4) is 0 Å². The minimum atomic E-state index is -3.53. The molecule has 0 unspecified atom stereocenters. The van der Waals surface area contributed by atoms with Crippen molar-refractivity contribution in [2.75, 3.05) is 45.8 Å². The summed E-state index contributed by atoms with van der Waals surface area (Å²) in [4.78, 5) is 0.332. The molecular weight excluding hydrogens is 292 g/mol. The molecule has 21 heavy (non-hydrogen) atoms. The number of hydrogen-bond acceptors (Lipinski definition) is 5. The smallest absolute Gasteiger partial charge is 0.241 e. The van der Waals surface area contributed by atoms with Crippen LogP contribution in [0.2, 0.25) is 0 Å². The van der Waals surface area contributed by atoms with E-state index in [9.17, 15) is 8.42 Å². The Bertz CT molecular complexity index is 535. The minimum Gasteiger partial charge on any atom is -0.388 e. The van der Waals surface area contributed by atoms with E-state index in [1.807, 2.05) is 12.1 Å². The molecule has 0 amide bonds. The normalized spacial score (nSPS) is 11.6. The largest absolute Gasteiger partial charge is 0.388 e. The zero-order valence-corrected chi connectivity index (χ0v) is 13.8. The van der Waals surface area contributed by atoms with Crippen molar-refractivity contribution >= 4 is 15.7 Å². The van der Waals surface area contributed by atoms with Crippen LogP contribution >= 0.6 is 0 Å². The number of nitrogens with one attached hydrogen (secondary N) is 2. The predicted octanol–water partition coefficient (Wildman–Crippen LogP) is 1.29. The van der Waals surface area contributed by atoms with Gasteiger partial charge in [0.1, 0.15) is 0 Å².